The maximum Gasteiger partial charge on any atom is 0.327 e. The summed E-state index contributed by atoms with van der Waals surface area (Å²) in [6.07, 6.45) is 1.07. The SMILES string of the molecule is C[Si](C)(C)CCOCN1C(=O)N[C@@H](c2ccc(Oc3ccc(F)cn3)cc2)C1=O. The summed E-state index contributed by atoms with van der Waals surface area (Å²) in [4.78, 5) is 29.7. The van der Waals surface area contributed by atoms with Gasteiger partial charge in [-0.3, -0.25) is 4.79 Å². The van der Waals surface area contributed by atoms with Crippen LogP contribution in [0.15, 0.2) is 42.6 Å². The van der Waals surface area contributed by atoms with Gasteiger partial charge in [-0.25, -0.2) is 19.1 Å². The molecule has 1 aliphatic rings. The summed E-state index contributed by atoms with van der Waals surface area (Å²) in [7, 11) is -1.23. The molecule has 0 unspecified atom stereocenters. The Hall–Kier alpha value is -2.78. The van der Waals surface area contributed by atoms with E-state index in [1.807, 2.05) is 0 Å². The molecule has 1 saturated heterocycles. The van der Waals surface area contributed by atoms with Gasteiger partial charge in [-0.2, -0.15) is 0 Å². The number of amides is 3. The van der Waals surface area contributed by atoms with E-state index in [-0.39, 0.29) is 18.5 Å². The molecule has 2 heterocycles. The number of aromatic nitrogens is 1. The number of benzene rings is 1. The zero-order chi connectivity index (χ0) is 21.0. The van der Waals surface area contributed by atoms with Gasteiger partial charge in [-0.15, -0.1) is 0 Å². The second-order valence-corrected chi connectivity index (χ2v) is 13.6. The number of urea groups is 1. The first-order valence-electron chi connectivity index (χ1n) is 9.32. The normalized spacial score (nSPS) is 16.8. The summed E-state index contributed by atoms with van der Waals surface area (Å²) in [5, 5.41) is 2.67. The number of carbonyl (C=O) groups excluding carboxylic acids is 2. The van der Waals surface area contributed by atoms with Crippen LogP contribution in [0.2, 0.25) is 25.7 Å². The van der Waals surface area contributed by atoms with Gasteiger partial charge >= 0.3 is 6.03 Å². The monoisotopic (exact) mass is 417 g/mol. The van der Waals surface area contributed by atoms with E-state index in [0.29, 0.717) is 17.9 Å². The fourth-order valence-electron chi connectivity index (χ4n) is 2.67. The maximum absolute atomic E-state index is 12.9. The Morgan fingerprint density at radius 1 is 1.14 bits per heavy atom. The molecule has 9 heteroatoms. The molecule has 2 aromatic rings. The number of ether oxygens (including phenoxy) is 2. The van der Waals surface area contributed by atoms with E-state index < -0.39 is 26.0 Å². The van der Waals surface area contributed by atoms with Crippen LogP contribution in [-0.4, -0.2) is 43.2 Å². The molecule has 29 heavy (non-hydrogen) atoms. The summed E-state index contributed by atoms with van der Waals surface area (Å²) in [5.74, 6) is -0.0590. The van der Waals surface area contributed by atoms with Gasteiger partial charge in [0.15, 0.2) is 0 Å². The lowest BCUT2D eigenvalue weighted by Crippen LogP contribution is -2.34. The number of carbonyl (C=O) groups is 2. The quantitative estimate of drug-likeness (QED) is 0.400. The van der Waals surface area contributed by atoms with Crippen LogP contribution in [0.5, 0.6) is 11.6 Å². The molecular formula is C20H24FN3O4Si. The van der Waals surface area contributed by atoms with Gasteiger partial charge in [0.2, 0.25) is 5.88 Å². The van der Waals surface area contributed by atoms with E-state index in [9.17, 15) is 14.0 Å². The molecule has 1 atom stereocenters. The van der Waals surface area contributed by atoms with Gasteiger partial charge < -0.3 is 14.8 Å². The molecule has 0 spiro atoms. The van der Waals surface area contributed by atoms with Crippen molar-refractivity contribution in [2.45, 2.75) is 31.7 Å². The summed E-state index contributed by atoms with van der Waals surface area (Å²) in [6, 6.07) is 9.11. The summed E-state index contributed by atoms with van der Waals surface area (Å²) in [6.45, 7) is 7.18. The second kappa shape index (κ2) is 8.71. The molecule has 1 aliphatic heterocycles. The first-order valence-corrected chi connectivity index (χ1v) is 13.0. The Kier molecular flexibility index (Phi) is 6.29. The minimum absolute atomic E-state index is 0.0525. The molecule has 1 N–H and O–H groups in total. The first kappa shape index (κ1) is 20.9. The van der Waals surface area contributed by atoms with Crippen LogP contribution in [0.3, 0.4) is 0 Å². The van der Waals surface area contributed by atoms with Crippen LogP contribution in [0.4, 0.5) is 9.18 Å². The Labute approximate surface area is 169 Å². The molecule has 3 amide bonds. The van der Waals surface area contributed by atoms with Crippen molar-refractivity contribution in [2.24, 2.45) is 0 Å². The van der Waals surface area contributed by atoms with Crippen LogP contribution in [0, 0.1) is 5.82 Å². The average molecular weight is 418 g/mol. The van der Waals surface area contributed by atoms with Gasteiger partial charge in [-0.05, 0) is 29.8 Å². The smallest absolute Gasteiger partial charge is 0.327 e. The predicted octanol–water partition coefficient (Wildman–Crippen LogP) is 3.92. The minimum Gasteiger partial charge on any atom is -0.439 e. The summed E-state index contributed by atoms with van der Waals surface area (Å²) in [5.41, 5.74) is 0.632. The van der Waals surface area contributed by atoms with Crippen molar-refractivity contribution in [3.63, 3.8) is 0 Å². The number of hydrogen-bond donors (Lipinski definition) is 1. The maximum atomic E-state index is 12.9. The van der Waals surface area contributed by atoms with E-state index in [1.54, 1.807) is 24.3 Å². The lowest BCUT2D eigenvalue weighted by molar-refractivity contribution is -0.131. The number of rotatable bonds is 8. The highest BCUT2D eigenvalue weighted by molar-refractivity contribution is 6.76. The number of nitrogens with one attached hydrogen (secondary N) is 1. The van der Waals surface area contributed by atoms with Gasteiger partial charge in [0.05, 0.1) is 6.20 Å². The van der Waals surface area contributed by atoms with Crippen molar-refractivity contribution in [1.82, 2.24) is 15.2 Å². The van der Waals surface area contributed by atoms with E-state index >= 15 is 0 Å². The van der Waals surface area contributed by atoms with Crippen LogP contribution in [0.1, 0.15) is 11.6 Å². The van der Waals surface area contributed by atoms with Gasteiger partial charge in [0.25, 0.3) is 5.91 Å². The highest BCUT2D eigenvalue weighted by atomic mass is 28.3. The van der Waals surface area contributed by atoms with Crippen molar-refractivity contribution in [1.29, 1.82) is 0 Å². The van der Waals surface area contributed by atoms with E-state index in [4.69, 9.17) is 9.47 Å². The third kappa shape index (κ3) is 5.61. The summed E-state index contributed by atoms with van der Waals surface area (Å²) >= 11 is 0. The molecule has 7 nitrogen and oxygen atoms in total. The number of hydrogen-bond acceptors (Lipinski definition) is 5. The second-order valence-electron chi connectivity index (χ2n) is 7.98. The number of nitrogens with zero attached hydrogens (tertiary/aromatic N) is 2. The number of pyridine rings is 1. The molecule has 0 radical (unpaired) electrons. The van der Waals surface area contributed by atoms with Crippen molar-refractivity contribution >= 4 is 20.0 Å². The highest BCUT2D eigenvalue weighted by Crippen LogP contribution is 2.26. The van der Waals surface area contributed by atoms with E-state index in [1.165, 1.54) is 12.1 Å². The predicted molar refractivity (Wildman–Crippen MR) is 108 cm³/mol. The van der Waals surface area contributed by atoms with Gasteiger partial charge in [-0.1, -0.05) is 31.8 Å². The standard InChI is InChI=1S/C20H24FN3O4Si/c1-29(2,3)11-10-27-13-24-19(25)18(23-20(24)26)14-4-7-16(8-5-14)28-17-9-6-15(21)12-22-17/h4-9,12,18H,10-11,13H2,1-3H3,(H,23,26)/t18-/m0/s1. The molecule has 3 rings (SSSR count). The molecule has 0 bridgehead atoms. The molecule has 154 valence electrons. The highest BCUT2D eigenvalue weighted by Gasteiger charge is 2.39. The third-order valence-corrected chi connectivity index (χ3v) is 6.08. The number of halogens is 1. The third-order valence-electron chi connectivity index (χ3n) is 4.38. The van der Waals surface area contributed by atoms with E-state index in [2.05, 4.69) is 29.9 Å². The Balaban J connectivity index is 1.58. The van der Waals surface area contributed by atoms with Crippen molar-refractivity contribution < 1.29 is 23.5 Å². The molecule has 0 saturated carbocycles. The van der Waals surface area contributed by atoms with Gasteiger partial charge in [0, 0.05) is 20.7 Å². The van der Waals surface area contributed by atoms with Crippen LogP contribution >= 0.6 is 0 Å². The van der Waals surface area contributed by atoms with Crippen molar-refractivity contribution in [3.05, 3.63) is 54.0 Å². The zero-order valence-electron chi connectivity index (χ0n) is 16.6. The lowest BCUT2D eigenvalue weighted by Gasteiger charge is -2.17. The Bertz CT molecular complexity index is 869. The van der Waals surface area contributed by atoms with E-state index in [0.717, 1.165) is 17.1 Å². The largest absolute Gasteiger partial charge is 0.439 e. The molecule has 1 aromatic heterocycles. The minimum atomic E-state index is -1.23. The first-order chi connectivity index (χ1) is 13.7. The zero-order valence-corrected chi connectivity index (χ0v) is 17.6. The van der Waals surface area contributed by atoms with Crippen molar-refractivity contribution in [2.75, 3.05) is 13.3 Å². The number of imide groups is 1. The van der Waals surface area contributed by atoms with Crippen molar-refractivity contribution in [3.8, 4) is 11.6 Å². The average Bonchev–Trinajstić information content (AvgIpc) is 2.95. The summed E-state index contributed by atoms with van der Waals surface area (Å²) < 4.78 is 24.0. The topological polar surface area (TPSA) is 80.8 Å². The Morgan fingerprint density at radius 3 is 2.48 bits per heavy atom. The van der Waals surface area contributed by atoms with Crippen LogP contribution in [0.25, 0.3) is 0 Å². The van der Waals surface area contributed by atoms with Crippen LogP contribution in [-0.2, 0) is 9.53 Å². The molecular weight excluding hydrogens is 393 g/mol. The molecule has 1 aromatic carbocycles. The molecule has 1 fully saturated rings. The lowest BCUT2D eigenvalue weighted by atomic mass is 10.1. The fraction of sp³-hybridized carbons (Fsp3) is 0.350. The fourth-order valence-corrected chi connectivity index (χ4v) is 3.43. The molecule has 0 aliphatic carbocycles. The van der Waals surface area contributed by atoms with Crippen LogP contribution < -0.4 is 10.1 Å². The Morgan fingerprint density at radius 2 is 1.86 bits per heavy atom. The van der Waals surface area contributed by atoms with Gasteiger partial charge in [0.1, 0.15) is 24.3 Å².